The van der Waals surface area contributed by atoms with Crippen molar-refractivity contribution >= 4 is 11.6 Å². The third kappa shape index (κ3) is 3.74. The van der Waals surface area contributed by atoms with Gasteiger partial charge < -0.3 is 10.8 Å². The number of aliphatic hydroxyl groups excluding tert-OH is 1. The van der Waals surface area contributed by atoms with E-state index in [1.54, 1.807) is 0 Å². The van der Waals surface area contributed by atoms with Gasteiger partial charge in [-0.3, -0.25) is 0 Å². The molecule has 0 radical (unpaired) electrons. The van der Waals surface area contributed by atoms with E-state index in [1.807, 2.05) is 0 Å². The van der Waals surface area contributed by atoms with Gasteiger partial charge in [0, 0.05) is 0 Å². The maximum absolute atomic E-state index is 12.5. The first-order valence-electron chi connectivity index (χ1n) is 4.81. The predicted octanol–water partition coefficient (Wildman–Crippen LogP) is 3.28. The molecule has 0 amide bonds. The van der Waals surface area contributed by atoms with E-state index < -0.39 is 40.6 Å². The van der Waals surface area contributed by atoms with E-state index >= 15 is 0 Å². The van der Waals surface area contributed by atoms with Crippen molar-refractivity contribution in [2.75, 3.05) is 0 Å². The second-order valence-electron chi connectivity index (χ2n) is 3.75. The van der Waals surface area contributed by atoms with Crippen LogP contribution in [0.2, 0.25) is 5.02 Å². The maximum Gasteiger partial charge on any atom is 0.417 e. The molecule has 2 atom stereocenters. The zero-order chi connectivity index (χ0) is 15.0. The maximum atomic E-state index is 12.5. The van der Waals surface area contributed by atoms with E-state index in [9.17, 15) is 26.3 Å². The third-order valence-electron chi connectivity index (χ3n) is 2.36. The van der Waals surface area contributed by atoms with Gasteiger partial charge in [0.15, 0.2) is 6.10 Å². The van der Waals surface area contributed by atoms with Crippen LogP contribution in [0.4, 0.5) is 26.3 Å². The Morgan fingerprint density at radius 3 is 2.05 bits per heavy atom. The molecule has 19 heavy (non-hydrogen) atoms. The van der Waals surface area contributed by atoms with Crippen LogP contribution in [0.25, 0.3) is 0 Å². The molecule has 1 aromatic rings. The Morgan fingerprint density at radius 1 is 1.11 bits per heavy atom. The molecule has 1 rings (SSSR count). The Bertz CT molecular complexity index is 458. The lowest BCUT2D eigenvalue weighted by Gasteiger charge is -2.22. The number of aliphatic hydroxyl groups is 1. The van der Waals surface area contributed by atoms with Gasteiger partial charge in [0.1, 0.15) is 0 Å². The molecule has 0 unspecified atom stereocenters. The summed E-state index contributed by atoms with van der Waals surface area (Å²) in [5.74, 6) is 0. The number of halogens is 7. The number of nitrogens with two attached hydrogens (primary N) is 1. The molecule has 0 heterocycles. The van der Waals surface area contributed by atoms with Crippen LogP contribution < -0.4 is 5.73 Å². The van der Waals surface area contributed by atoms with Crippen LogP contribution in [-0.4, -0.2) is 17.4 Å². The molecule has 0 aliphatic heterocycles. The lowest BCUT2D eigenvalue weighted by atomic mass is 9.99. The predicted molar refractivity (Wildman–Crippen MR) is 55.4 cm³/mol. The fourth-order valence-electron chi connectivity index (χ4n) is 1.35. The smallest absolute Gasteiger partial charge is 0.382 e. The van der Waals surface area contributed by atoms with Gasteiger partial charge >= 0.3 is 12.4 Å². The van der Waals surface area contributed by atoms with Crippen LogP contribution in [-0.2, 0) is 6.18 Å². The highest BCUT2D eigenvalue weighted by Crippen LogP contribution is 2.37. The van der Waals surface area contributed by atoms with Crippen LogP contribution >= 0.6 is 11.6 Å². The molecule has 0 aliphatic rings. The number of hydrogen-bond acceptors (Lipinski definition) is 2. The standard InChI is InChI=1S/C10H8ClF6NO/c11-6-2-1-4(3-5(6)9(12,13)14)7(18)8(19)10(15,16)17/h1-3,7-8,19H,18H2/t7-,8-/m1/s1. The van der Waals surface area contributed by atoms with Gasteiger partial charge in [-0.1, -0.05) is 17.7 Å². The van der Waals surface area contributed by atoms with Crippen LogP contribution in [0.15, 0.2) is 18.2 Å². The van der Waals surface area contributed by atoms with Crippen LogP contribution in [0.1, 0.15) is 17.2 Å². The normalized spacial score (nSPS) is 16.3. The van der Waals surface area contributed by atoms with Gasteiger partial charge in [-0.2, -0.15) is 26.3 Å². The van der Waals surface area contributed by atoms with Crippen molar-refractivity contribution in [3.63, 3.8) is 0 Å². The fraction of sp³-hybridized carbons (Fsp3) is 0.400. The van der Waals surface area contributed by atoms with Gasteiger partial charge in [-0.25, -0.2) is 0 Å². The summed E-state index contributed by atoms with van der Waals surface area (Å²) in [5.41, 5.74) is 3.29. The number of benzene rings is 1. The summed E-state index contributed by atoms with van der Waals surface area (Å²) in [6, 6.07) is 0.0420. The summed E-state index contributed by atoms with van der Waals surface area (Å²) in [6.45, 7) is 0. The van der Waals surface area contributed by atoms with Crippen molar-refractivity contribution in [2.24, 2.45) is 5.73 Å². The summed E-state index contributed by atoms with van der Waals surface area (Å²) in [5, 5.41) is 8.24. The third-order valence-corrected chi connectivity index (χ3v) is 2.69. The molecule has 0 aromatic heterocycles. The number of rotatable bonds is 2. The Morgan fingerprint density at radius 2 is 1.63 bits per heavy atom. The Balaban J connectivity index is 3.16. The van der Waals surface area contributed by atoms with E-state index in [0.29, 0.717) is 6.07 Å². The molecule has 0 fully saturated rings. The van der Waals surface area contributed by atoms with Crippen molar-refractivity contribution in [3.05, 3.63) is 34.3 Å². The average Bonchev–Trinajstić information content (AvgIpc) is 2.25. The number of alkyl halides is 6. The van der Waals surface area contributed by atoms with E-state index in [2.05, 4.69) is 0 Å². The van der Waals surface area contributed by atoms with Gasteiger partial charge in [0.2, 0.25) is 0 Å². The van der Waals surface area contributed by atoms with Gasteiger partial charge in [-0.15, -0.1) is 0 Å². The quantitative estimate of drug-likeness (QED) is 0.824. The van der Waals surface area contributed by atoms with Crippen LogP contribution in [0.3, 0.4) is 0 Å². The minimum Gasteiger partial charge on any atom is -0.382 e. The molecule has 0 bridgehead atoms. The first-order valence-corrected chi connectivity index (χ1v) is 5.19. The number of hydrogen-bond donors (Lipinski definition) is 2. The molecule has 108 valence electrons. The van der Waals surface area contributed by atoms with Gasteiger partial charge in [0.05, 0.1) is 16.6 Å². The molecule has 2 nitrogen and oxygen atoms in total. The molecule has 9 heteroatoms. The fourth-order valence-corrected chi connectivity index (χ4v) is 1.58. The highest BCUT2D eigenvalue weighted by Gasteiger charge is 2.43. The van der Waals surface area contributed by atoms with E-state index in [1.165, 1.54) is 0 Å². The Hall–Kier alpha value is -0.990. The first kappa shape index (κ1) is 16.1. The molecular weight excluding hydrogens is 300 g/mol. The lowest BCUT2D eigenvalue weighted by molar-refractivity contribution is -0.210. The average molecular weight is 308 g/mol. The molecule has 0 spiro atoms. The zero-order valence-corrected chi connectivity index (χ0v) is 9.81. The summed E-state index contributed by atoms with van der Waals surface area (Å²) in [7, 11) is 0. The molecular formula is C10H8ClF6NO. The molecule has 0 saturated carbocycles. The summed E-state index contributed by atoms with van der Waals surface area (Å²) in [4.78, 5) is 0. The van der Waals surface area contributed by atoms with Crippen molar-refractivity contribution in [3.8, 4) is 0 Å². The van der Waals surface area contributed by atoms with Crippen molar-refractivity contribution in [1.29, 1.82) is 0 Å². The molecule has 0 aliphatic carbocycles. The summed E-state index contributed by atoms with van der Waals surface area (Å²) >= 11 is 5.31. The minimum absolute atomic E-state index is 0.391. The van der Waals surface area contributed by atoms with Crippen molar-refractivity contribution in [1.82, 2.24) is 0 Å². The van der Waals surface area contributed by atoms with Gasteiger partial charge in [-0.05, 0) is 17.7 Å². The molecule has 0 saturated heterocycles. The van der Waals surface area contributed by atoms with Crippen molar-refractivity contribution in [2.45, 2.75) is 24.5 Å². The van der Waals surface area contributed by atoms with Crippen LogP contribution in [0.5, 0.6) is 0 Å². The summed E-state index contributed by atoms with van der Waals surface area (Å²) in [6.07, 6.45) is -12.8. The van der Waals surface area contributed by atoms with E-state index in [4.69, 9.17) is 22.4 Å². The minimum atomic E-state index is -5.03. The van der Waals surface area contributed by atoms with Crippen LogP contribution in [0, 0.1) is 0 Å². The topological polar surface area (TPSA) is 46.2 Å². The SMILES string of the molecule is N[C@H](c1ccc(Cl)c(C(F)(F)F)c1)[C@@H](O)C(F)(F)F. The Kier molecular flexibility index (Phi) is 4.38. The molecule has 1 aromatic carbocycles. The zero-order valence-electron chi connectivity index (χ0n) is 9.06. The highest BCUT2D eigenvalue weighted by atomic mass is 35.5. The Labute approximate surface area is 108 Å². The molecule has 3 N–H and O–H groups in total. The second-order valence-corrected chi connectivity index (χ2v) is 4.16. The van der Waals surface area contributed by atoms with E-state index in [-0.39, 0.29) is 0 Å². The second kappa shape index (κ2) is 5.18. The van der Waals surface area contributed by atoms with Crippen molar-refractivity contribution < 1.29 is 31.4 Å². The monoisotopic (exact) mass is 307 g/mol. The highest BCUT2D eigenvalue weighted by molar-refractivity contribution is 6.31. The van der Waals surface area contributed by atoms with E-state index in [0.717, 1.165) is 12.1 Å². The lowest BCUT2D eigenvalue weighted by Crippen LogP contribution is -2.38. The summed E-state index contributed by atoms with van der Waals surface area (Å²) < 4.78 is 74.2. The largest absolute Gasteiger partial charge is 0.417 e. The van der Waals surface area contributed by atoms with Gasteiger partial charge in [0.25, 0.3) is 0 Å². The first-order chi connectivity index (χ1) is 8.44.